The summed E-state index contributed by atoms with van der Waals surface area (Å²) in [5.41, 5.74) is 6.84. The van der Waals surface area contributed by atoms with Crippen LogP contribution in [0.15, 0.2) is 54.6 Å². The van der Waals surface area contributed by atoms with E-state index < -0.39 is 5.97 Å². The van der Waals surface area contributed by atoms with Gasteiger partial charge in [-0.2, -0.15) is 0 Å². The summed E-state index contributed by atoms with van der Waals surface area (Å²) in [6, 6.07) is 16.6. The maximum Gasteiger partial charge on any atom is 0.357 e. The van der Waals surface area contributed by atoms with Crippen LogP contribution in [0.3, 0.4) is 0 Å². The van der Waals surface area contributed by atoms with E-state index in [4.69, 9.17) is 9.47 Å². The van der Waals surface area contributed by atoms with Gasteiger partial charge >= 0.3 is 5.97 Å². The van der Waals surface area contributed by atoms with Gasteiger partial charge in [0.05, 0.1) is 12.3 Å². The molecule has 2 aromatic carbocycles. The summed E-state index contributed by atoms with van der Waals surface area (Å²) in [5, 5.41) is 0. The van der Waals surface area contributed by atoms with Crippen molar-refractivity contribution in [2.24, 2.45) is 0 Å². The smallest absolute Gasteiger partial charge is 0.357 e. The lowest BCUT2D eigenvalue weighted by Crippen LogP contribution is -2.10. The molecule has 170 valence electrons. The lowest BCUT2D eigenvalue weighted by atomic mass is 9.97. The highest BCUT2D eigenvalue weighted by atomic mass is 19.1. The Labute approximate surface area is 194 Å². The molecule has 0 fully saturated rings. The number of allylic oxidation sites excluding steroid dienone is 2. The zero-order valence-corrected chi connectivity index (χ0v) is 19.3. The van der Waals surface area contributed by atoms with Crippen molar-refractivity contribution in [1.82, 2.24) is 4.98 Å². The standard InChI is InChI=1S/C28H28FNO3/c1-4-32-28(31)27-19(3)13-14-25(30-27)22-10-7-9-21(22)23-16-18(2)12-15-26(23)33-17-20-8-5-6-11-24(20)29/h5-6,8,11-16H,4,7,9-10,17H2,1-3H3. The molecule has 0 aliphatic heterocycles. The minimum Gasteiger partial charge on any atom is -0.488 e. The molecule has 4 rings (SSSR count). The molecule has 0 saturated carbocycles. The first-order valence-corrected chi connectivity index (χ1v) is 11.3. The van der Waals surface area contributed by atoms with Crippen molar-refractivity contribution in [2.45, 2.75) is 46.6 Å². The van der Waals surface area contributed by atoms with E-state index in [0.29, 0.717) is 17.9 Å². The molecule has 0 spiro atoms. The number of nitrogens with zero attached hydrogens (tertiary/aromatic N) is 1. The van der Waals surface area contributed by atoms with Crippen LogP contribution in [0.1, 0.15) is 64.6 Å². The van der Waals surface area contributed by atoms with E-state index in [1.807, 2.05) is 38.1 Å². The van der Waals surface area contributed by atoms with Gasteiger partial charge in [-0.1, -0.05) is 35.9 Å². The number of hydrogen-bond acceptors (Lipinski definition) is 4. The zero-order valence-electron chi connectivity index (χ0n) is 19.3. The third kappa shape index (κ3) is 4.98. The lowest BCUT2D eigenvalue weighted by Gasteiger charge is -2.16. The van der Waals surface area contributed by atoms with Crippen LogP contribution in [0.25, 0.3) is 11.1 Å². The van der Waals surface area contributed by atoms with E-state index in [-0.39, 0.29) is 12.4 Å². The van der Waals surface area contributed by atoms with E-state index in [1.165, 1.54) is 6.07 Å². The van der Waals surface area contributed by atoms with Crippen LogP contribution in [-0.2, 0) is 11.3 Å². The Morgan fingerprint density at radius 3 is 2.61 bits per heavy atom. The molecule has 0 bridgehead atoms. The summed E-state index contributed by atoms with van der Waals surface area (Å²) in [4.78, 5) is 17.1. The molecule has 0 atom stereocenters. The summed E-state index contributed by atoms with van der Waals surface area (Å²) in [5.74, 6) is 0.0414. The van der Waals surface area contributed by atoms with Crippen molar-refractivity contribution < 1.29 is 18.7 Å². The van der Waals surface area contributed by atoms with Crippen LogP contribution in [0.4, 0.5) is 4.39 Å². The molecule has 4 nitrogen and oxygen atoms in total. The Balaban J connectivity index is 1.72. The third-order valence-corrected chi connectivity index (χ3v) is 5.89. The van der Waals surface area contributed by atoms with Crippen LogP contribution in [-0.4, -0.2) is 17.6 Å². The van der Waals surface area contributed by atoms with Gasteiger partial charge in [-0.25, -0.2) is 14.2 Å². The number of pyridine rings is 1. The second-order valence-corrected chi connectivity index (χ2v) is 8.27. The van der Waals surface area contributed by atoms with Gasteiger partial charge in [0.25, 0.3) is 0 Å². The number of esters is 1. The van der Waals surface area contributed by atoms with Gasteiger partial charge in [-0.05, 0) is 81.0 Å². The zero-order chi connectivity index (χ0) is 23.4. The van der Waals surface area contributed by atoms with Crippen molar-refractivity contribution in [3.05, 3.63) is 94.1 Å². The van der Waals surface area contributed by atoms with Crippen LogP contribution in [0.2, 0.25) is 0 Å². The fourth-order valence-electron chi connectivity index (χ4n) is 4.20. The second kappa shape index (κ2) is 9.99. The van der Waals surface area contributed by atoms with Crippen molar-refractivity contribution in [2.75, 3.05) is 6.61 Å². The van der Waals surface area contributed by atoms with E-state index in [0.717, 1.165) is 58.5 Å². The Kier molecular flexibility index (Phi) is 6.87. The Morgan fingerprint density at radius 2 is 1.82 bits per heavy atom. The van der Waals surface area contributed by atoms with Gasteiger partial charge < -0.3 is 9.47 Å². The first-order chi connectivity index (χ1) is 16.0. The van der Waals surface area contributed by atoms with Crippen LogP contribution < -0.4 is 4.74 Å². The van der Waals surface area contributed by atoms with Gasteiger partial charge in [-0.15, -0.1) is 0 Å². The number of halogens is 1. The van der Waals surface area contributed by atoms with E-state index in [2.05, 4.69) is 11.1 Å². The highest BCUT2D eigenvalue weighted by Crippen LogP contribution is 2.43. The minimum atomic E-state index is -0.401. The Bertz CT molecular complexity index is 1220. The number of rotatable bonds is 7. The first kappa shape index (κ1) is 22.7. The molecule has 0 N–H and O–H groups in total. The maximum absolute atomic E-state index is 14.1. The molecule has 0 radical (unpaired) electrons. The van der Waals surface area contributed by atoms with Crippen molar-refractivity contribution >= 4 is 17.1 Å². The number of benzene rings is 2. The van der Waals surface area contributed by atoms with Crippen LogP contribution in [0.5, 0.6) is 5.75 Å². The fraction of sp³-hybridized carbons (Fsp3) is 0.286. The number of ether oxygens (including phenoxy) is 2. The molecule has 0 amide bonds. The summed E-state index contributed by atoms with van der Waals surface area (Å²) in [7, 11) is 0. The lowest BCUT2D eigenvalue weighted by molar-refractivity contribution is 0.0518. The molecule has 0 unspecified atom stereocenters. The SMILES string of the molecule is CCOC(=O)c1nc(C2=C(c3cc(C)ccc3OCc3ccccc3F)CCC2)ccc1C. The molecule has 0 saturated heterocycles. The maximum atomic E-state index is 14.1. The van der Waals surface area contributed by atoms with Gasteiger partial charge in [-0.3, -0.25) is 0 Å². The fourth-order valence-corrected chi connectivity index (χ4v) is 4.20. The molecule has 33 heavy (non-hydrogen) atoms. The van der Waals surface area contributed by atoms with Crippen molar-refractivity contribution in [3.63, 3.8) is 0 Å². The van der Waals surface area contributed by atoms with Crippen molar-refractivity contribution in [3.8, 4) is 5.75 Å². The normalized spacial score (nSPS) is 13.3. The number of hydrogen-bond donors (Lipinski definition) is 0. The molecule has 1 aromatic heterocycles. The average Bonchev–Trinajstić information content (AvgIpc) is 3.29. The Morgan fingerprint density at radius 1 is 1.03 bits per heavy atom. The molecule has 1 heterocycles. The predicted molar refractivity (Wildman–Crippen MR) is 128 cm³/mol. The topological polar surface area (TPSA) is 48.4 Å². The monoisotopic (exact) mass is 445 g/mol. The van der Waals surface area contributed by atoms with Crippen LogP contribution in [0, 0.1) is 19.7 Å². The molecule has 5 heteroatoms. The minimum absolute atomic E-state index is 0.154. The predicted octanol–water partition coefficient (Wildman–Crippen LogP) is 6.69. The molecule has 1 aliphatic carbocycles. The third-order valence-electron chi connectivity index (χ3n) is 5.89. The van der Waals surface area contributed by atoms with Gasteiger partial charge in [0, 0.05) is 11.1 Å². The molecular weight excluding hydrogens is 417 g/mol. The van der Waals surface area contributed by atoms with Gasteiger partial charge in [0.2, 0.25) is 0 Å². The molecule has 1 aliphatic rings. The molecular formula is C28H28FNO3. The first-order valence-electron chi connectivity index (χ1n) is 11.3. The highest BCUT2D eigenvalue weighted by molar-refractivity contribution is 5.95. The van der Waals surface area contributed by atoms with Gasteiger partial charge in [0.1, 0.15) is 18.2 Å². The number of carbonyl (C=O) groups is 1. The highest BCUT2D eigenvalue weighted by Gasteiger charge is 2.23. The quantitative estimate of drug-likeness (QED) is 0.380. The number of aromatic nitrogens is 1. The molecule has 3 aromatic rings. The largest absolute Gasteiger partial charge is 0.488 e. The van der Waals surface area contributed by atoms with E-state index in [9.17, 15) is 9.18 Å². The summed E-state index contributed by atoms with van der Waals surface area (Å²) >= 11 is 0. The number of aryl methyl sites for hydroxylation is 2. The van der Waals surface area contributed by atoms with Gasteiger partial charge in [0.15, 0.2) is 5.69 Å². The summed E-state index contributed by atoms with van der Waals surface area (Å²) < 4.78 is 25.4. The van der Waals surface area contributed by atoms with Crippen molar-refractivity contribution in [1.29, 1.82) is 0 Å². The second-order valence-electron chi connectivity index (χ2n) is 8.27. The van der Waals surface area contributed by atoms with Crippen LogP contribution >= 0.6 is 0 Å². The Hall–Kier alpha value is -3.47. The summed E-state index contributed by atoms with van der Waals surface area (Å²) in [6.45, 7) is 6.16. The van der Waals surface area contributed by atoms with E-state index in [1.54, 1.807) is 25.1 Å². The summed E-state index contributed by atoms with van der Waals surface area (Å²) in [6.07, 6.45) is 2.75. The average molecular weight is 446 g/mol. The number of carbonyl (C=O) groups excluding carboxylic acids is 1. The van der Waals surface area contributed by atoms with E-state index >= 15 is 0 Å².